The van der Waals surface area contributed by atoms with E-state index < -0.39 is 0 Å². The van der Waals surface area contributed by atoms with Crippen molar-refractivity contribution >= 4 is 24.8 Å². The summed E-state index contributed by atoms with van der Waals surface area (Å²) in [5, 5.41) is 0. The normalized spacial score (nSPS) is 16.7. The van der Waals surface area contributed by atoms with Crippen molar-refractivity contribution in [3.63, 3.8) is 0 Å². The van der Waals surface area contributed by atoms with Gasteiger partial charge in [0.15, 0.2) is 0 Å². The minimum Gasteiger partial charge on any atom is -0.273 e. The third kappa shape index (κ3) is 11.6. The van der Waals surface area contributed by atoms with Crippen LogP contribution in [0, 0.1) is 24.0 Å². The second-order valence-corrected chi connectivity index (χ2v) is 5.89. The molecule has 0 aromatic carbocycles. The average molecular weight is 435 g/mol. The first-order chi connectivity index (χ1) is 9.69. The molecule has 0 spiro atoms. The van der Waals surface area contributed by atoms with Crippen LogP contribution in [0.15, 0.2) is 35.5 Å². The van der Waals surface area contributed by atoms with E-state index in [2.05, 4.69) is 64.2 Å². The minimum absolute atomic E-state index is 0. The molecule has 0 saturated carbocycles. The Hall–Kier alpha value is 0.423. The van der Waals surface area contributed by atoms with E-state index in [0.29, 0.717) is 0 Å². The maximum absolute atomic E-state index is 3.19. The molecule has 0 radical (unpaired) electrons. The van der Waals surface area contributed by atoms with Crippen LogP contribution < -0.4 is 0 Å². The number of halogens is 2. The van der Waals surface area contributed by atoms with E-state index in [0.717, 1.165) is 24.7 Å². The molecule has 0 bridgehead atoms. The van der Waals surface area contributed by atoms with Gasteiger partial charge >= 0.3 is 26.2 Å². The van der Waals surface area contributed by atoms with Crippen molar-refractivity contribution in [3.8, 4) is 0 Å². The van der Waals surface area contributed by atoms with Crippen LogP contribution in [0.2, 0.25) is 0 Å². The van der Waals surface area contributed by atoms with Gasteiger partial charge in [-0.25, -0.2) is 12.2 Å². The zero-order valence-electron chi connectivity index (χ0n) is 15.0. The number of hydrogen-bond donors (Lipinski definition) is 0. The van der Waals surface area contributed by atoms with Crippen LogP contribution in [-0.2, 0) is 26.2 Å². The molecule has 0 nitrogen and oxygen atoms in total. The van der Waals surface area contributed by atoms with Gasteiger partial charge in [0.05, 0.1) is 0 Å². The maximum atomic E-state index is 3.19. The Labute approximate surface area is 175 Å². The van der Waals surface area contributed by atoms with E-state index in [4.69, 9.17) is 0 Å². The molecule has 23 heavy (non-hydrogen) atoms. The third-order valence-electron chi connectivity index (χ3n) is 4.03. The molecule has 2 rings (SSSR count). The second-order valence-electron chi connectivity index (χ2n) is 5.89. The van der Waals surface area contributed by atoms with Crippen LogP contribution in [-0.4, -0.2) is 0 Å². The summed E-state index contributed by atoms with van der Waals surface area (Å²) in [6.07, 6.45) is 22.5. The predicted molar refractivity (Wildman–Crippen MR) is 104 cm³/mol. The molecule has 0 amide bonds. The van der Waals surface area contributed by atoms with E-state index in [1.807, 2.05) is 0 Å². The van der Waals surface area contributed by atoms with Crippen molar-refractivity contribution in [1.82, 2.24) is 0 Å². The van der Waals surface area contributed by atoms with Gasteiger partial charge in [0.25, 0.3) is 0 Å². The van der Waals surface area contributed by atoms with Crippen molar-refractivity contribution < 1.29 is 26.2 Å². The summed E-state index contributed by atoms with van der Waals surface area (Å²) >= 11 is 0. The summed E-state index contributed by atoms with van der Waals surface area (Å²) in [5.41, 5.74) is 2.98. The summed E-state index contributed by atoms with van der Waals surface area (Å²) in [6, 6.07) is 0. The minimum atomic E-state index is 0. The zero-order chi connectivity index (χ0) is 14.8. The standard InChI is InChI=1S/2C10H15.2ClH.Zr/c2*1-3-6-9(2)10-7-4-5-8-10;;;/h2*7-9H,3-4,6H2,1-2H3;2*1H;/q2*-1;;;+2. The second kappa shape index (κ2) is 17.3. The molecule has 0 aromatic rings. The molecule has 0 aliphatic heterocycles. The fourth-order valence-corrected chi connectivity index (χ4v) is 2.71. The molecule has 2 unspecified atom stereocenters. The smallest absolute Gasteiger partial charge is 0.273 e. The van der Waals surface area contributed by atoms with Crippen LogP contribution in [0.1, 0.15) is 66.2 Å². The van der Waals surface area contributed by atoms with Crippen LogP contribution in [0.3, 0.4) is 0 Å². The molecular formula is C20H32Cl2Zr. The number of allylic oxidation sites excluding steroid dienone is 8. The first kappa shape index (κ1) is 28.2. The zero-order valence-corrected chi connectivity index (χ0v) is 19.1. The summed E-state index contributed by atoms with van der Waals surface area (Å²) in [4.78, 5) is 0. The van der Waals surface area contributed by atoms with Gasteiger partial charge in [0, 0.05) is 0 Å². The van der Waals surface area contributed by atoms with Crippen molar-refractivity contribution in [2.45, 2.75) is 66.2 Å². The summed E-state index contributed by atoms with van der Waals surface area (Å²) in [6.45, 7) is 9.05. The van der Waals surface area contributed by atoms with Crippen LogP contribution in [0.5, 0.6) is 0 Å². The Morgan fingerprint density at radius 1 is 0.826 bits per heavy atom. The molecule has 130 valence electrons. The van der Waals surface area contributed by atoms with Gasteiger partial charge < -0.3 is 0 Å². The molecular weight excluding hydrogens is 402 g/mol. The molecule has 0 N–H and O–H groups in total. The third-order valence-corrected chi connectivity index (χ3v) is 4.03. The Bertz CT molecular complexity index is 356. The van der Waals surface area contributed by atoms with Crippen LogP contribution in [0.25, 0.3) is 0 Å². The van der Waals surface area contributed by atoms with E-state index in [-0.39, 0.29) is 51.0 Å². The van der Waals surface area contributed by atoms with Gasteiger partial charge in [-0.3, -0.25) is 12.2 Å². The molecule has 0 aromatic heterocycles. The first-order valence-electron chi connectivity index (χ1n) is 8.22. The summed E-state index contributed by atoms with van der Waals surface area (Å²) in [5.74, 6) is 1.50. The van der Waals surface area contributed by atoms with Crippen LogP contribution >= 0.6 is 24.8 Å². The van der Waals surface area contributed by atoms with Crippen molar-refractivity contribution in [2.24, 2.45) is 11.8 Å². The monoisotopic (exact) mass is 432 g/mol. The fraction of sp³-hybridized carbons (Fsp3) is 0.600. The quantitative estimate of drug-likeness (QED) is 0.392. The number of hydrogen-bond acceptors (Lipinski definition) is 0. The Balaban J connectivity index is -0.000000308. The number of rotatable bonds is 6. The van der Waals surface area contributed by atoms with E-state index in [1.165, 1.54) is 36.8 Å². The molecule has 3 heteroatoms. The molecule has 2 aliphatic rings. The van der Waals surface area contributed by atoms with Gasteiger partial charge in [0.1, 0.15) is 0 Å². The molecule has 2 aliphatic carbocycles. The fourth-order valence-electron chi connectivity index (χ4n) is 2.71. The predicted octanol–water partition coefficient (Wildman–Crippen LogP) is 7.07. The molecule has 0 fully saturated rings. The van der Waals surface area contributed by atoms with E-state index >= 15 is 0 Å². The molecule has 0 heterocycles. The van der Waals surface area contributed by atoms with Crippen LogP contribution in [0.4, 0.5) is 0 Å². The largest absolute Gasteiger partial charge is 2.00 e. The van der Waals surface area contributed by atoms with Crippen molar-refractivity contribution in [2.75, 3.05) is 0 Å². The Kier molecular flexibility index (Phi) is 21.2. The summed E-state index contributed by atoms with van der Waals surface area (Å²) < 4.78 is 0. The molecule has 2 atom stereocenters. The maximum Gasteiger partial charge on any atom is 2.00 e. The van der Waals surface area contributed by atoms with Gasteiger partial charge in [-0.2, -0.15) is 23.3 Å². The average Bonchev–Trinajstić information content (AvgIpc) is 3.14. The molecule has 0 saturated heterocycles. The van der Waals surface area contributed by atoms with Gasteiger partial charge in [-0.05, 0) is 0 Å². The van der Waals surface area contributed by atoms with Gasteiger partial charge in [0.2, 0.25) is 0 Å². The van der Waals surface area contributed by atoms with E-state index in [9.17, 15) is 0 Å². The van der Waals surface area contributed by atoms with Crippen molar-refractivity contribution in [1.29, 1.82) is 0 Å². The van der Waals surface area contributed by atoms with E-state index in [1.54, 1.807) is 0 Å². The van der Waals surface area contributed by atoms with Crippen molar-refractivity contribution in [3.05, 3.63) is 47.6 Å². The SMILES string of the molecule is CCCC(C)C1=CC[C-]=C1.CCCC(C)C1=CC[C-]=C1.Cl.Cl.[Zr+2]. The summed E-state index contributed by atoms with van der Waals surface area (Å²) in [7, 11) is 0. The Morgan fingerprint density at radius 3 is 1.39 bits per heavy atom. The van der Waals surface area contributed by atoms with Gasteiger partial charge in [-0.1, -0.05) is 65.2 Å². The Morgan fingerprint density at radius 2 is 1.17 bits per heavy atom. The topological polar surface area (TPSA) is 0 Å². The van der Waals surface area contributed by atoms with Gasteiger partial charge in [-0.15, -0.1) is 37.7 Å². The first-order valence-corrected chi connectivity index (χ1v) is 8.22.